The van der Waals surface area contributed by atoms with E-state index < -0.39 is 8.07 Å². The van der Waals surface area contributed by atoms with Gasteiger partial charge in [0.2, 0.25) is 0 Å². The number of allylic oxidation sites excluding steroid dienone is 1. The average Bonchev–Trinajstić information content (AvgIpc) is 2.17. The summed E-state index contributed by atoms with van der Waals surface area (Å²) in [6, 6.07) is 8.59. The first-order valence-corrected chi connectivity index (χ1v) is 8.75. The van der Waals surface area contributed by atoms with Crippen LogP contribution in [0.2, 0.25) is 19.6 Å². The van der Waals surface area contributed by atoms with Crippen molar-refractivity contribution in [1.29, 1.82) is 0 Å². The van der Waals surface area contributed by atoms with Crippen LogP contribution in [0.25, 0.3) is 6.08 Å². The molecule has 1 aromatic rings. The second-order valence-corrected chi connectivity index (χ2v) is 9.76. The highest BCUT2D eigenvalue weighted by atomic mass is 28.3. The monoisotopic (exact) mass is 218 g/mol. The van der Waals surface area contributed by atoms with E-state index >= 15 is 0 Å². The molecule has 0 unspecified atom stereocenters. The maximum absolute atomic E-state index is 10.2. The highest BCUT2D eigenvalue weighted by molar-refractivity contribution is 6.88. The molecule has 0 aliphatic rings. The van der Waals surface area contributed by atoms with Gasteiger partial charge in [-0.1, -0.05) is 61.2 Å². The van der Waals surface area contributed by atoms with Crippen molar-refractivity contribution in [3.05, 3.63) is 35.9 Å². The SMILES string of the molecule is C[Si](C)(C)c1cccc(C=CCC=O)c1. The van der Waals surface area contributed by atoms with Gasteiger partial charge in [-0.25, -0.2) is 0 Å². The smallest absolute Gasteiger partial charge is 0.123 e. The summed E-state index contributed by atoms with van der Waals surface area (Å²) < 4.78 is 0. The predicted octanol–water partition coefficient (Wildman–Crippen LogP) is 2.83. The number of aldehydes is 1. The first-order chi connectivity index (χ1) is 7.04. The normalized spacial score (nSPS) is 11.9. The minimum atomic E-state index is -1.22. The number of hydrogen-bond acceptors (Lipinski definition) is 1. The molecule has 0 saturated carbocycles. The van der Waals surface area contributed by atoms with E-state index in [1.165, 1.54) is 10.8 Å². The summed E-state index contributed by atoms with van der Waals surface area (Å²) in [6.45, 7) is 7.00. The number of benzene rings is 1. The number of carbonyl (C=O) groups excluding carboxylic acids is 1. The van der Waals surface area contributed by atoms with E-state index in [0.717, 1.165) is 6.29 Å². The van der Waals surface area contributed by atoms with Crippen molar-refractivity contribution < 1.29 is 4.79 Å². The summed E-state index contributed by atoms with van der Waals surface area (Å²) in [6.07, 6.45) is 5.32. The quantitative estimate of drug-likeness (QED) is 0.561. The summed E-state index contributed by atoms with van der Waals surface area (Å²) in [5.74, 6) is 0. The Morgan fingerprint density at radius 1 is 1.27 bits per heavy atom. The highest BCUT2D eigenvalue weighted by Gasteiger charge is 2.15. The standard InChI is InChI=1S/C13H18OSi/c1-15(2,3)13-9-6-8-12(11-13)7-4-5-10-14/h4,6-11H,5H2,1-3H3. The maximum Gasteiger partial charge on any atom is 0.123 e. The third-order valence-corrected chi connectivity index (χ3v) is 4.34. The fourth-order valence-corrected chi connectivity index (χ4v) is 2.56. The van der Waals surface area contributed by atoms with Crippen molar-refractivity contribution in [3.8, 4) is 0 Å². The molecule has 80 valence electrons. The van der Waals surface area contributed by atoms with Gasteiger partial charge in [-0.2, -0.15) is 0 Å². The van der Waals surface area contributed by atoms with Crippen molar-refractivity contribution in [2.75, 3.05) is 0 Å². The van der Waals surface area contributed by atoms with Gasteiger partial charge in [0, 0.05) is 6.42 Å². The fourth-order valence-electron chi connectivity index (χ4n) is 1.37. The molecule has 0 atom stereocenters. The summed E-state index contributed by atoms with van der Waals surface area (Å²) in [5, 5.41) is 1.45. The Morgan fingerprint density at radius 3 is 2.60 bits per heavy atom. The van der Waals surface area contributed by atoms with E-state index in [4.69, 9.17) is 0 Å². The van der Waals surface area contributed by atoms with Crippen molar-refractivity contribution in [2.24, 2.45) is 0 Å². The Morgan fingerprint density at radius 2 is 2.00 bits per heavy atom. The molecule has 0 heterocycles. The van der Waals surface area contributed by atoms with Gasteiger partial charge in [0.25, 0.3) is 0 Å². The zero-order valence-electron chi connectivity index (χ0n) is 9.66. The Labute approximate surface area is 92.8 Å². The summed E-state index contributed by atoms with van der Waals surface area (Å²) in [4.78, 5) is 10.2. The molecule has 1 aromatic carbocycles. The molecule has 1 nitrogen and oxygen atoms in total. The van der Waals surface area contributed by atoms with Crippen LogP contribution in [0.5, 0.6) is 0 Å². The Balaban J connectivity index is 2.88. The minimum absolute atomic E-state index is 0.497. The molecule has 0 amide bonds. The van der Waals surface area contributed by atoms with Crippen LogP contribution in [0.4, 0.5) is 0 Å². The van der Waals surface area contributed by atoms with Crippen LogP contribution < -0.4 is 5.19 Å². The molecule has 0 fully saturated rings. The molecule has 0 aromatic heterocycles. The number of carbonyl (C=O) groups is 1. The van der Waals surface area contributed by atoms with Gasteiger partial charge in [0.1, 0.15) is 6.29 Å². The van der Waals surface area contributed by atoms with Gasteiger partial charge in [-0.3, -0.25) is 0 Å². The minimum Gasteiger partial charge on any atom is -0.303 e. The third kappa shape index (κ3) is 3.84. The topological polar surface area (TPSA) is 17.1 Å². The second kappa shape index (κ2) is 5.08. The molecule has 0 spiro atoms. The van der Waals surface area contributed by atoms with E-state index in [-0.39, 0.29) is 0 Å². The largest absolute Gasteiger partial charge is 0.303 e. The van der Waals surface area contributed by atoms with Crippen LogP contribution in [-0.4, -0.2) is 14.4 Å². The van der Waals surface area contributed by atoms with Gasteiger partial charge in [0.05, 0.1) is 8.07 Å². The van der Waals surface area contributed by atoms with Crippen LogP contribution in [0, 0.1) is 0 Å². The van der Waals surface area contributed by atoms with E-state index in [2.05, 4.69) is 43.9 Å². The van der Waals surface area contributed by atoms with Crippen molar-refractivity contribution in [2.45, 2.75) is 26.1 Å². The lowest BCUT2D eigenvalue weighted by Crippen LogP contribution is -2.37. The molecule has 0 radical (unpaired) electrons. The van der Waals surface area contributed by atoms with E-state index in [0.29, 0.717) is 6.42 Å². The molecule has 0 N–H and O–H groups in total. The summed E-state index contributed by atoms with van der Waals surface area (Å²) >= 11 is 0. The third-order valence-electron chi connectivity index (χ3n) is 2.30. The molecule has 0 bridgehead atoms. The zero-order chi connectivity index (χ0) is 11.3. The first kappa shape index (κ1) is 11.9. The average molecular weight is 218 g/mol. The zero-order valence-corrected chi connectivity index (χ0v) is 10.7. The maximum atomic E-state index is 10.2. The van der Waals surface area contributed by atoms with Gasteiger partial charge < -0.3 is 4.79 Å². The van der Waals surface area contributed by atoms with Crippen molar-refractivity contribution >= 4 is 25.6 Å². The van der Waals surface area contributed by atoms with Crippen LogP contribution in [-0.2, 0) is 4.79 Å². The number of rotatable bonds is 4. The van der Waals surface area contributed by atoms with E-state index in [1.807, 2.05) is 12.2 Å². The Kier molecular flexibility index (Phi) is 4.03. The van der Waals surface area contributed by atoms with Crippen LogP contribution in [0.3, 0.4) is 0 Å². The molecule has 2 heteroatoms. The fraction of sp³-hybridized carbons (Fsp3) is 0.308. The van der Waals surface area contributed by atoms with Crippen molar-refractivity contribution in [1.82, 2.24) is 0 Å². The number of hydrogen-bond donors (Lipinski definition) is 0. The van der Waals surface area contributed by atoms with E-state index in [1.54, 1.807) is 0 Å². The second-order valence-electron chi connectivity index (χ2n) is 4.68. The van der Waals surface area contributed by atoms with Gasteiger partial charge in [0.15, 0.2) is 0 Å². The molecule has 1 rings (SSSR count). The highest BCUT2D eigenvalue weighted by Crippen LogP contribution is 2.06. The Bertz CT molecular complexity index is 361. The van der Waals surface area contributed by atoms with Gasteiger partial charge >= 0.3 is 0 Å². The molecular weight excluding hydrogens is 200 g/mol. The van der Waals surface area contributed by atoms with Gasteiger partial charge in [-0.05, 0) is 5.56 Å². The molecule has 0 saturated heterocycles. The van der Waals surface area contributed by atoms with Crippen molar-refractivity contribution in [3.63, 3.8) is 0 Å². The molecule has 0 aliphatic carbocycles. The lowest BCUT2D eigenvalue weighted by atomic mass is 10.2. The Hall–Kier alpha value is -1.15. The van der Waals surface area contributed by atoms with Crippen LogP contribution in [0.15, 0.2) is 30.3 Å². The van der Waals surface area contributed by atoms with Crippen LogP contribution in [0.1, 0.15) is 12.0 Å². The van der Waals surface area contributed by atoms with E-state index in [9.17, 15) is 4.79 Å². The predicted molar refractivity (Wildman–Crippen MR) is 69.1 cm³/mol. The molecule has 15 heavy (non-hydrogen) atoms. The molecular formula is C13H18OSi. The van der Waals surface area contributed by atoms with Gasteiger partial charge in [-0.15, -0.1) is 0 Å². The summed E-state index contributed by atoms with van der Waals surface area (Å²) in [7, 11) is -1.22. The summed E-state index contributed by atoms with van der Waals surface area (Å²) in [5.41, 5.74) is 1.19. The molecule has 0 aliphatic heterocycles. The van der Waals surface area contributed by atoms with Crippen LogP contribution >= 0.6 is 0 Å². The lowest BCUT2D eigenvalue weighted by Gasteiger charge is -2.16. The lowest BCUT2D eigenvalue weighted by molar-refractivity contribution is -0.107. The first-order valence-electron chi connectivity index (χ1n) is 5.25.